The van der Waals surface area contributed by atoms with Crippen molar-refractivity contribution in [2.45, 2.75) is 37.1 Å². The van der Waals surface area contributed by atoms with E-state index in [0.717, 1.165) is 25.1 Å². The highest BCUT2D eigenvalue weighted by molar-refractivity contribution is 7.97. The molecule has 5 heteroatoms. The lowest BCUT2D eigenvalue weighted by atomic mass is 10.0. The summed E-state index contributed by atoms with van der Waals surface area (Å²) >= 11 is 1.80. The van der Waals surface area contributed by atoms with Crippen molar-refractivity contribution >= 4 is 11.9 Å². The Morgan fingerprint density at radius 3 is 2.36 bits per heavy atom. The van der Waals surface area contributed by atoms with Gasteiger partial charge in [0.15, 0.2) is 0 Å². The smallest absolute Gasteiger partial charge is 0.0610 e. The van der Waals surface area contributed by atoms with Crippen molar-refractivity contribution in [3.8, 4) is 11.1 Å². The van der Waals surface area contributed by atoms with Gasteiger partial charge in [-0.3, -0.25) is 0 Å². The number of nitrogens with two attached hydrogens (primary N) is 1. The van der Waals surface area contributed by atoms with E-state index >= 15 is 0 Å². The van der Waals surface area contributed by atoms with Crippen LogP contribution in [0.4, 0.5) is 0 Å². The van der Waals surface area contributed by atoms with Gasteiger partial charge in [0.1, 0.15) is 0 Å². The third kappa shape index (κ3) is 5.41. The molecule has 1 atom stereocenters. The Balaban J connectivity index is 1.59. The second-order valence-electron chi connectivity index (χ2n) is 7.13. The van der Waals surface area contributed by atoms with Crippen molar-refractivity contribution in [1.82, 2.24) is 15.2 Å². The van der Waals surface area contributed by atoms with Crippen molar-refractivity contribution in [1.29, 1.82) is 0 Å². The number of nitrogens with zero attached hydrogens (tertiary/aromatic N) is 1. The van der Waals surface area contributed by atoms with Gasteiger partial charge in [0.05, 0.1) is 12.6 Å². The summed E-state index contributed by atoms with van der Waals surface area (Å²) in [5, 5.41) is 0. The van der Waals surface area contributed by atoms with Crippen molar-refractivity contribution in [2.75, 3.05) is 13.1 Å². The third-order valence-corrected chi connectivity index (χ3v) is 6.10. The molecule has 0 bridgehead atoms. The Bertz CT molecular complexity index is 798. The van der Waals surface area contributed by atoms with Gasteiger partial charge in [-0.05, 0) is 60.0 Å². The van der Waals surface area contributed by atoms with Crippen LogP contribution < -0.4 is 16.6 Å². The van der Waals surface area contributed by atoms with Crippen molar-refractivity contribution in [3.05, 3.63) is 78.6 Å². The van der Waals surface area contributed by atoms with E-state index in [0.29, 0.717) is 18.3 Å². The lowest BCUT2D eigenvalue weighted by Gasteiger charge is -2.26. The maximum atomic E-state index is 5.59. The molecule has 0 amide bonds. The molecule has 0 aliphatic carbocycles. The van der Waals surface area contributed by atoms with Gasteiger partial charge in [-0.15, -0.1) is 0 Å². The van der Waals surface area contributed by atoms with Gasteiger partial charge in [0.2, 0.25) is 0 Å². The molecule has 148 valence electrons. The molecule has 4 N–H and O–H groups in total. The summed E-state index contributed by atoms with van der Waals surface area (Å²) in [5.41, 5.74) is 17.3. The molecular weight excluding hydrogens is 364 g/mol. The van der Waals surface area contributed by atoms with Crippen molar-refractivity contribution < 1.29 is 0 Å². The molecule has 4 nitrogen and oxygen atoms in total. The lowest BCUT2D eigenvalue weighted by molar-refractivity contribution is 0.446. The van der Waals surface area contributed by atoms with E-state index in [-0.39, 0.29) is 0 Å². The van der Waals surface area contributed by atoms with Crippen LogP contribution in [-0.4, -0.2) is 23.4 Å². The van der Waals surface area contributed by atoms with Crippen molar-refractivity contribution in [2.24, 2.45) is 5.73 Å². The maximum absolute atomic E-state index is 5.59. The van der Waals surface area contributed by atoms with Gasteiger partial charge in [-0.25, -0.2) is 9.73 Å². The number of hydrogen-bond acceptors (Lipinski definition) is 5. The number of rotatable bonds is 9. The maximum Gasteiger partial charge on any atom is 0.0610 e. The molecule has 0 unspecified atom stereocenters. The summed E-state index contributed by atoms with van der Waals surface area (Å²) in [6.45, 7) is 11.6. The van der Waals surface area contributed by atoms with Crippen LogP contribution in [0.25, 0.3) is 11.1 Å². The van der Waals surface area contributed by atoms with Crippen LogP contribution in [0, 0.1) is 0 Å². The quantitative estimate of drug-likeness (QED) is 0.433. The molecule has 0 radical (unpaired) electrons. The largest absolute Gasteiger partial charge is 0.401 e. The van der Waals surface area contributed by atoms with Gasteiger partial charge in [0.25, 0.3) is 0 Å². The Morgan fingerprint density at radius 2 is 1.75 bits per heavy atom. The Hall–Kier alpha value is -2.21. The van der Waals surface area contributed by atoms with Gasteiger partial charge >= 0.3 is 0 Å². The summed E-state index contributed by atoms with van der Waals surface area (Å²) < 4.78 is 2.40. The minimum Gasteiger partial charge on any atom is -0.401 e. The molecule has 3 rings (SSSR count). The van der Waals surface area contributed by atoms with Crippen molar-refractivity contribution in [3.63, 3.8) is 0 Å². The first-order chi connectivity index (χ1) is 13.6. The van der Waals surface area contributed by atoms with E-state index in [1.807, 2.05) is 0 Å². The predicted octanol–water partition coefficient (Wildman–Crippen LogP) is 4.47. The zero-order valence-electron chi connectivity index (χ0n) is 16.6. The first-order valence-corrected chi connectivity index (χ1v) is 10.6. The lowest BCUT2D eigenvalue weighted by Crippen LogP contribution is -2.40. The van der Waals surface area contributed by atoms with E-state index in [1.165, 1.54) is 28.0 Å². The molecule has 1 fully saturated rings. The fourth-order valence-corrected chi connectivity index (χ4v) is 4.44. The van der Waals surface area contributed by atoms with Crippen LogP contribution in [-0.2, 0) is 6.42 Å². The van der Waals surface area contributed by atoms with Crippen LogP contribution in [0.3, 0.4) is 0 Å². The second-order valence-corrected chi connectivity index (χ2v) is 8.25. The summed E-state index contributed by atoms with van der Waals surface area (Å²) in [5.74, 6) is 0. The summed E-state index contributed by atoms with van der Waals surface area (Å²) in [6.07, 6.45) is 3.35. The number of hydrogen-bond donors (Lipinski definition) is 3. The monoisotopic (exact) mass is 394 g/mol. The first-order valence-electron chi connectivity index (χ1n) is 9.81. The average Bonchev–Trinajstić information content (AvgIpc) is 3.16. The van der Waals surface area contributed by atoms with Gasteiger partial charge in [-0.2, -0.15) is 0 Å². The average molecular weight is 395 g/mol. The van der Waals surface area contributed by atoms with E-state index in [2.05, 4.69) is 83.8 Å². The topological polar surface area (TPSA) is 53.3 Å². The molecule has 0 saturated carbocycles. The highest BCUT2D eigenvalue weighted by atomic mass is 32.2. The molecule has 0 spiro atoms. The third-order valence-electron chi connectivity index (χ3n) is 4.94. The highest BCUT2D eigenvalue weighted by Crippen LogP contribution is 2.34. The van der Waals surface area contributed by atoms with Crippen LogP contribution in [0.5, 0.6) is 0 Å². The standard InChI is InChI=1S/C23H30N4S/c1-4-19-7-9-20(10-8-19)21-11-13-22(14-12-21)28-27-15-5-6-23(27)18(3)26-25-16-17(2)24/h7-14,23,25-26H,2-6,15-16,24H2,1H3/t23-/m0/s1. The Labute approximate surface area is 173 Å². The van der Waals surface area contributed by atoms with E-state index < -0.39 is 0 Å². The second kappa shape index (κ2) is 9.82. The molecule has 2 aromatic rings. The van der Waals surface area contributed by atoms with E-state index in [1.54, 1.807) is 11.9 Å². The SMILES string of the molecule is C=C(N)CNNC(=C)[C@@H]1CCCN1Sc1ccc(-c2ccc(CC)cc2)cc1. The minimum absolute atomic E-state index is 0.296. The fraction of sp³-hybridized carbons (Fsp3) is 0.304. The normalized spacial score (nSPS) is 16.8. The molecule has 1 heterocycles. The molecule has 0 aromatic heterocycles. The van der Waals surface area contributed by atoms with Crippen LogP contribution in [0.15, 0.2) is 78.0 Å². The highest BCUT2D eigenvalue weighted by Gasteiger charge is 2.27. The summed E-state index contributed by atoms with van der Waals surface area (Å²) in [4.78, 5) is 1.25. The van der Waals surface area contributed by atoms with Crippen LogP contribution >= 0.6 is 11.9 Å². The predicted molar refractivity (Wildman–Crippen MR) is 120 cm³/mol. The Morgan fingerprint density at radius 1 is 1.11 bits per heavy atom. The molecule has 28 heavy (non-hydrogen) atoms. The summed E-state index contributed by atoms with van der Waals surface area (Å²) in [6, 6.07) is 17.9. The van der Waals surface area contributed by atoms with E-state index in [9.17, 15) is 0 Å². The van der Waals surface area contributed by atoms with Gasteiger partial charge in [0, 0.05) is 22.8 Å². The number of hydrazine groups is 1. The van der Waals surface area contributed by atoms with Crippen LogP contribution in [0.2, 0.25) is 0 Å². The number of nitrogens with one attached hydrogen (secondary N) is 2. The molecule has 1 aliphatic rings. The number of benzene rings is 2. The van der Waals surface area contributed by atoms with Gasteiger partial charge < -0.3 is 11.2 Å². The molecule has 1 aliphatic heterocycles. The molecular formula is C23H30N4S. The zero-order chi connectivity index (χ0) is 19.9. The first kappa shape index (κ1) is 20.5. The molecule has 1 saturated heterocycles. The number of aryl methyl sites for hydroxylation is 1. The van der Waals surface area contributed by atoms with Gasteiger partial charge in [-0.1, -0.05) is 56.5 Å². The van der Waals surface area contributed by atoms with E-state index in [4.69, 9.17) is 5.73 Å². The Kier molecular flexibility index (Phi) is 7.20. The van der Waals surface area contributed by atoms with Crippen LogP contribution in [0.1, 0.15) is 25.3 Å². The molecule has 2 aromatic carbocycles. The minimum atomic E-state index is 0.296. The summed E-state index contributed by atoms with van der Waals surface area (Å²) in [7, 11) is 0. The zero-order valence-corrected chi connectivity index (χ0v) is 17.4. The fourth-order valence-electron chi connectivity index (χ4n) is 3.33.